The first-order valence-corrected chi connectivity index (χ1v) is 9.50. The molecular weight excluding hydrogens is 342 g/mol. The Bertz CT molecular complexity index is 775. The third-order valence-electron chi connectivity index (χ3n) is 4.75. The molecule has 144 valence electrons. The molecule has 0 fully saturated rings. The molecule has 3 rings (SSSR count). The van der Waals surface area contributed by atoms with E-state index in [0.29, 0.717) is 24.7 Å². The number of rotatable bonds is 8. The first-order chi connectivity index (χ1) is 13.2. The average Bonchev–Trinajstić information content (AvgIpc) is 2.71. The van der Waals surface area contributed by atoms with Gasteiger partial charge in [-0.15, -0.1) is 0 Å². The van der Waals surface area contributed by atoms with Crippen LogP contribution < -0.4 is 19.5 Å². The Labute approximate surface area is 160 Å². The summed E-state index contributed by atoms with van der Waals surface area (Å²) < 4.78 is 16.9. The molecule has 0 bridgehead atoms. The SMILES string of the molecule is COc1ccccc1OCCNC(=O)C(C)Oc1cccc2c1CCCC2. The summed E-state index contributed by atoms with van der Waals surface area (Å²) in [5.74, 6) is 2.02. The van der Waals surface area contributed by atoms with Crippen molar-refractivity contribution in [3.05, 3.63) is 53.6 Å². The molecule has 0 heterocycles. The molecule has 0 aromatic heterocycles. The van der Waals surface area contributed by atoms with Crippen LogP contribution in [0.25, 0.3) is 0 Å². The summed E-state index contributed by atoms with van der Waals surface area (Å²) in [7, 11) is 1.60. The van der Waals surface area contributed by atoms with Gasteiger partial charge in [0.05, 0.1) is 13.7 Å². The van der Waals surface area contributed by atoms with Crippen molar-refractivity contribution in [2.45, 2.75) is 38.7 Å². The summed E-state index contributed by atoms with van der Waals surface area (Å²) in [5, 5.41) is 2.86. The second-order valence-electron chi connectivity index (χ2n) is 6.65. The number of nitrogens with one attached hydrogen (secondary N) is 1. The van der Waals surface area contributed by atoms with Crippen molar-refractivity contribution in [1.29, 1.82) is 0 Å². The van der Waals surface area contributed by atoms with Gasteiger partial charge in [-0.25, -0.2) is 0 Å². The molecule has 27 heavy (non-hydrogen) atoms. The molecule has 0 saturated carbocycles. The zero-order valence-electron chi connectivity index (χ0n) is 16.0. The predicted octanol–water partition coefficient (Wildman–Crippen LogP) is 3.54. The molecule has 0 saturated heterocycles. The Morgan fingerprint density at radius 1 is 1.04 bits per heavy atom. The van der Waals surface area contributed by atoms with Crippen LogP contribution in [0.15, 0.2) is 42.5 Å². The second kappa shape index (κ2) is 9.31. The van der Waals surface area contributed by atoms with Crippen LogP contribution in [0.4, 0.5) is 0 Å². The predicted molar refractivity (Wildman–Crippen MR) is 105 cm³/mol. The smallest absolute Gasteiger partial charge is 0.260 e. The highest BCUT2D eigenvalue weighted by Crippen LogP contribution is 2.30. The van der Waals surface area contributed by atoms with Crippen LogP contribution in [0.5, 0.6) is 17.2 Å². The molecule has 1 aliphatic carbocycles. The zero-order valence-corrected chi connectivity index (χ0v) is 16.0. The molecule has 2 aromatic rings. The molecule has 0 spiro atoms. The van der Waals surface area contributed by atoms with Crippen LogP contribution in [0.3, 0.4) is 0 Å². The van der Waals surface area contributed by atoms with E-state index in [1.54, 1.807) is 14.0 Å². The molecule has 1 atom stereocenters. The minimum absolute atomic E-state index is 0.146. The fourth-order valence-electron chi connectivity index (χ4n) is 3.32. The number of aryl methyl sites for hydroxylation is 1. The van der Waals surface area contributed by atoms with E-state index < -0.39 is 6.10 Å². The van der Waals surface area contributed by atoms with Crippen LogP contribution in [0.1, 0.15) is 30.9 Å². The van der Waals surface area contributed by atoms with Gasteiger partial charge in [0, 0.05) is 0 Å². The van der Waals surface area contributed by atoms with Crippen LogP contribution in [-0.2, 0) is 17.6 Å². The van der Waals surface area contributed by atoms with Gasteiger partial charge < -0.3 is 19.5 Å². The zero-order chi connectivity index (χ0) is 19.1. The van der Waals surface area contributed by atoms with Crippen LogP contribution in [-0.4, -0.2) is 32.3 Å². The van der Waals surface area contributed by atoms with Crippen molar-refractivity contribution in [3.8, 4) is 17.2 Å². The lowest BCUT2D eigenvalue weighted by Gasteiger charge is -2.22. The molecular formula is C22H27NO4. The fraction of sp³-hybridized carbons (Fsp3) is 0.409. The monoisotopic (exact) mass is 369 g/mol. The van der Waals surface area contributed by atoms with Crippen molar-refractivity contribution >= 4 is 5.91 Å². The van der Waals surface area contributed by atoms with Crippen molar-refractivity contribution in [2.24, 2.45) is 0 Å². The maximum atomic E-state index is 12.3. The highest BCUT2D eigenvalue weighted by Gasteiger charge is 2.19. The molecule has 1 aliphatic rings. The number of fused-ring (bicyclic) bond motifs is 1. The van der Waals surface area contributed by atoms with Gasteiger partial charge in [-0.3, -0.25) is 4.79 Å². The minimum atomic E-state index is -0.551. The Balaban J connectivity index is 1.47. The number of hydrogen-bond donors (Lipinski definition) is 1. The van der Waals surface area contributed by atoms with Gasteiger partial charge in [0.1, 0.15) is 12.4 Å². The number of methoxy groups -OCH3 is 1. The van der Waals surface area contributed by atoms with Crippen LogP contribution in [0.2, 0.25) is 0 Å². The summed E-state index contributed by atoms with van der Waals surface area (Å²) in [6, 6.07) is 13.6. The number of hydrogen-bond acceptors (Lipinski definition) is 4. The Morgan fingerprint density at radius 2 is 1.78 bits per heavy atom. The molecule has 1 unspecified atom stereocenters. The van der Waals surface area contributed by atoms with E-state index in [-0.39, 0.29) is 5.91 Å². The molecule has 5 heteroatoms. The summed E-state index contributed by atoms with van der Waals surface area (Å²) in [6.07, 6.45) is 3.96. The fourth-order valence-corrected chi connectivity index (χ4v) is 3.32. The number of para-hydroxylation sites is 2. The van der Waals surface area contributed by atoms with Crippen molar-refractivity contribution < 1.29 is 19.0 Å². The van der Waals surface area contributed by atoms with E-state index in [1.807, 2.05) is 36.4 Å². The molecule has 0 radical (unpaired) electrons. The van der Waals surface area contributed by atoms with Gasteiger partial charge >= 0.3 is 0 Å². The number of benzene rings is 2. The van der Waals surface area contributed by atoms with Crippen molar-refractivity contribution in [1.82, 2.24) is 5.32 Å². The maximum Gasteiger partial charge on any atom is 0.260 e. The molecule has 1 amide bonds. The largest absolute Gasteiger partial charge is 0.493 e. The van der Waals surface area contributed by atoms with Gasteiger partial charge in [0.25, 0.3) is 5.91 Å². The lowest BCUT2D eigenvalue weighted by atomic mass is 9.91. The number of amides is 1. The maximum absolute atomic E-state index is 12.3. The topological polar surface area (TPSA) is 56.8 Å². The van der Waals surface area contributed by atoms with E-state index in [0.717, 1.165) is 18.6 Å². The van der Waals surface area contributed by atoms with Gasteiger partial charge in [-0.05, 0) is 61.9 Å². The Hall–Kier alpha value is -2.69. The standard InChI is InChI=1S/C22H27NO4/c1-16(27-19-13-7-9-17-8-3-4-10-18(17)19)22(24)23-14-15-26-21-12-6-5-11-20(21)25-2/h5-7,9,11-13,16H,3-4,8,10,14-15H2,1-2H3,(H,23,24). The van der Waals surface area contributed by atoms with Crippen molar-refractivity contribution in [3.63, 3.8) is 0 Å². The Morgan fingerprint density at radius 3 is 2.59 bits per heavy atom. The number of carbonyl (C=O) groups is 1. The summed E-state index contributed by atoms with van der Waals surface area (Å²) in [4.78, 5) is 12.3. The van der Waals surface area contributed by atoms with Gasteiger partial charge in [0.15, 0.2) is 17.6 Å². The van der Waals surface area contributed by atoms with E-state index >= 15 is 0 Å². The summed E-state index contributed by atoms with van der Waals surface area (Å²) >= 11 is 0. The molecule has 5 nitrogen and oxygen atoms in total. The third kappa shape index (κ3) is 4.94. The van der Waals surface area contributed by atoms with Gasteiger partial charge in [-0.1, -0.05) is 24.3 Å². The lowest BCUT2D eigenvalue weighted by molar-refractivity contribution is -0.127. The summed E-state index contributed by atoms with van der Waals surface area (Å²) in [6.45, 7) is 2.54. The second-order valence-corrected chi connectivity index (χ2v) is 6.65. The number of carbonyl (C=O) groups excluding carboxylic acids is 1. The van der Waals surface area contributed by atoms with Crippen molar-refractivity contribution in [2.75, 3.05) is 20.3 Å². The highest BCUT2D eigenvalue weighted by molar-refractivity contribution is 5.80. The van der Waals surface area contributed by atoms with E-state index in [2.05, 4.69) is 11.4 Å². The molecule has 2 aromatic carbocycles. The van der Waals surface area contributed by atoms with E-state index in [1.165, 1.54) is 24.0 Å². The Kier molecular flexibility index (Phi) is 6.58. The first-order valence-electron chi connectivity index (χ1n) is 9.50. The third-order valence-corrected chi connectivity index (χ3v) is 4.75. The number of ether oxygens (including phenoxy) is 3. The lowest BCUT2D eigenvalue weighted by Crippen LogP contribution is -2.38. The summed E-state index contributed by atoms with van der Waals surface area (Å²) in [5.41, 5.74) is 2.60. The van der Waals surface area contributed by atoms with Gasteiger partial charge in [0.2, 0.25) is 0 Å². The normalized spacial score (nSPS) is 14.0. The molecule has 1 N–H and O–H groups in total. The highest BCUT2D eigenvalue weighted by atomic mass is 16.5. The average molecular weight is 369 g/mol. The van der Waals surface area contributed by atoms with E-state index in [4.69, 9.17) is 14.2 Å². The van der Waals surface area contributed by atoms with E-state index in [9.17, 15) is 4.79 Å². The van der Waals surface area contributed by atoms with Gasteiger partial charge in [-0.2, -0.15) is 0 Å². The molecule has 0 aliphatic heterocycles. The minimum Gasteiger partial charge on any atom is -0.493 e. The van der Waals surface area contributed by atoms with Crippen LogP contribution >= 0.6 is 0 Å². The quantitative estimate of drug-likeness (QED) is 0.723. The first kappa shape index (κ1) is 19.1. The van der Waals surface area contributed by atoms with Crippen LogP contribution in [0, 0.1) is 0 Å².